The third-order valence-electron chi connectivity index (χ3n) is 2.64. The van der Waals surface area contributed by atoms with E-state index in [4.69, 9.17) is 21.2 Å². The second-order valence-electron chi connectivity index (χ2n) is 4.19. The Bertz CT molecular complexity index is 676. The van der Waals surface area contributed by atoms with Crippen LogP contribution in [0.2, 0.25) is 5.02 Å². The molecule has 2 rings (SSSR count). The van der Waals surface area contributed by atoms with Gasteiger partial charge in [0, 0.05) is 11.1 Å². The molecule has 2 aromatic carbocycles. The van der Waals surface area contributed by atoms with Crippen LogP contribution in [0.1, 0.15) is 5.56 Å². The first-order chi connectivity index (χ1) is 10.7. The van der Waals surface area contributed by atoms with Crippen molar-refractivity contribution in [3.05, 3.63) is 69.2 Å². The fraction of sp³-hybridized carbons (Fsp3) is 0.133. The van der Waals surface area contributed by atoms with Crippen LogP contribution >= 0.6 is 11.6 Å². The number of benzene rings is 2. The molecule has 0 radical (unpaired) electrons. The molecule has 22 heavy (non-hydrogen) atoms. The van der Waals surface area contributed by atoms with E-state index in [2.05, 4.69) is 5.16 Å². The molecule has 7 heteroatoms. The summed E-state index contributed by atoms with van der Waals surface area (Å²) in [5.74, 6) is 0.638. The zero-order valence-electron chi connectivity index (χ0n) is 11.5. The lowest BCUT2D eigenvalue weighted by Crippen LogP contribution is -2.04. The van der Waals surface area contributed by atoms with E-state index in [0.717, 1.165) is 0 Å². The van der Waals surface area contributed by atoms with Gasteiger partial charge in [0.15, 0.2) is 6.61 Å². The normalized spacial score (nSPS) is 10.6. The van der Waals surface area contributed by atoms with Crippen LogP contribution in [-0.4, -0.2) is 24.4 Å². The Morgan fingerprint density at radius 3 is 2.77 bits per heavy atom. The second-order valence-corrected chi connectivity index (χ2v) is 4.63. The van der Waals surface area contributed by atoms with Gasteiger partial charge >= 0.3 is 0 Å². The highest BCUT2D eigenvalue weighted by Gasteiger charge is 2.09. The van der Waals surface area contributed by atoms with Gasteiger partial charge in [0.05, 0.1) is 16.7 Å². The van der Waals surface area contributed by atoms with Crippen molar-refractivity contribution in [3.63, 3.8) is 0 Å². The topological polar surface area (TPSA) is 74.0 Å². The summed E-state index contributed by atoms with van der Waals surface area (Å²) in [5, 5.41) is 15.1. The molecule has 114 valence electrons. The van der Waals surface area contributed by atoms with Gasteiger partial charge in [0.1, 0.15) is 12.4 Å². The van der Waals surface area contributed by atoms with E-state index < -0.39 is 4.92 Å². The first-order valence-electron chi connectivity index (χ1n) is 6.44. The number of rotatable bonds is 7. The summed E-state index contributed by atoms with van der Waals surface area (Å²) in [4.78, 5) is 15.4. The summed E-state index contributed by atoms with van der Waals surface area (Å²) in [6.45, 7) is 0.498. The van der Waals surface area contributed by atoms with Crippen molar-refractivity contribution in [2.75, 3.05) is 13.2 Å². The summed E-state index contributed by atoms with van der Waals surface area (Å²) in [6.07, 6.45) is 1.30. The number of halogens is 1. The average molecular weight is 321 g/mol. The highest BCUT2D eigenvalue weighted by molar-refractivity contribution is 6.30. The van der Waals surface area contributed by atoms with Crippen LogP contribution in [0, 0.1) is 10.1 Å². The monoisotopic (exact) mass is 320 g/mol. The van der Waals surface area contributed by atoms with Gasteiger partial charge in [-0.25, -0.2) is 0 Å². The second kappa shape index (κ2) is 7.99. The summed E-state index contributed by atoms with van der Waals surface area (Å²) < 4.78 is 5.41. The van der Waals surface area contributed by atoms with Crippen LogP contribution in [0.15, 0.2) is 53.7 Å². The Labute approximate surface area is 132 Å². The standard InChI is InChI=1S/C15H13ClN2O4/c16-13-5-3-6-14(10-13)21-8-9-22-17-11-12-4-1-2-7-15(12)18(19)20/h1-7,10-11H,8-9H2/b17-11+. The van der Waals surface area contributed by atoms with E-state index in [1.807, 2.05) is 0 Å². The number of ether oxygens (including phenoxy) is 1. The van der Waals surface area contributed by atoms with E-state index in [-0.39, 0.29) is 18.9 Å². The molecule has 6 nitrogen and oxygen atoms in total. The molecule has 0 saturated heterocycles. The summed E-state index contributed by atoms with van der Waals surface area (Å²) in [5.41, 5.74) is 0.355. The molecule has 0 aliphatic heterocycles. The molecule has 0 spiro atoms. The van der Waals surface area contributed by atoms with E-state index in [1.54, 1.807) is 42.5 Å². The fourth-order valence-corrected chi connectivity index (χ4v) is 1.84. The van der Waals surface area contributed by atoms with Crippen LogP contribution in [0.3, 0.4) is 0 Å². The van der Waals surface area contributed by atoms with Crippen molar-refractivity contribution in [1.29, 1.82) is 0 Å². The van der Waals surface area contributed by atoms with Gasteiger partial charge in [-0.05, 0) is 24.3 Å². The first-order valence-corrected chi connectivity index (χ1v) is 6.82. The number of nitro groups is 1. The van der Waals surface area contributed by atoms with Crippen LogP contribution in [-0.2, 0) is 4.84 Å². The third kappa shape index (κ3) is 4.75. The number of hydrogen-bond acceptors (Lipinski definition) is 5. The molecule has 0 amide bonds. The predicted molar refractivity (Wildman–Crippen MR) is 83.6 cm³/mol. The Morgan fingerprint density at radius 1 is 1.18 bits per heavy atom. The zero-order valence-corrected chi connectivity index (χ0v) is 12.3. The molecule has 0 atom stereocenters. The van der Waals surface area contributed by atoms with Crippen LogP contribution in [0.5, 0.6) is 5.75 Å². The number of hydrogen-bond donors (Lipinski definition) is 0. The van der Waals surface area contributed by atoms with Crippen molar-refractivity contribution in [2.45, 2.75) is 0 Å². The number of para-hydroxylation sites is 1. The van der Waals surface area contributed by atoms with E-state index >= 15 is 0 Å². The molecular formula is C15H13ClN2O4. The van der Waals surface area contributed by atoms with Crippen molar-refractivity contribution < 1.29 is 14.5 Å². The minimum Gasteiger partial charge on any atom is -0.490 e. The van der Waals surface area contributed by atoms with Gasteiger partial charge in [-0.15, -0.1) is 0 Å². The lowest BCUT2D eigenvalue weighted by atomic mass is 10.2. The Balaban J connectivity index is 1.78. The van der Waals surface area contributed by atoms with Gasteiger partial charge in [0.25, 0.3) is 5.69 Å². The first kappa shape index (κ1) is 15.8. The van der Waals surface area contributed by atoms with Gasteiger partial charge in [-0.3, -0.25) is 10.1 Å². The van der Waals surface area contributed by atoms with Crippen molar-refractivity contribution in [2.24, 2.45) is 5.16 Å². The van der Waals surface area contributed by atoms with Gasteiger partial charge < -0.3 is 9.57 Å². The SMILES string of the molecule is O=[N+]([O-])c1ccccc1/C=N/OCCOc1cccc(Cl)c1. The Kier molecular flexibility index (Phi) is 5.73. The molecule has 0 heterocycles. The minimum atomic E-state index is -0.469. The smallest absolute Gasteiger partial charge is 0.278 e. The van der Waals surface area contributed by atoms with E-state index in [9.17, 15) is 10.1 Å². The van der Waals surface area contributed by atoms with Crippen LogP contribution in [0.25, 0.3) is 0 Å². The number of oxime groups is 1. The summed E-state index contributed by atoms with van der Waals surface area (Å²) in [6, 6.07) is 13.3. The van der Waals surface area contributed by atoms with Crippen molar-refractivity contribution in [1.82, 2.24) is 0 Å². The molecule has 0 aliphatic carbocycles. The van der Waals surface area contributed by atoms with E-state index in [0.29, 0.717) is 16.3 Å². The third-order valence-corrected chi connectivity index (χ3v) is 2.87. The van der Waals surface area contributed by atoms with Gasteiger partial charge in [-0.2, -0.15) is 0 Å². The molecule has 0 unspecified atom stereocenters. The minimum absolute atomic E-state index is 0.0231. The van der Waals surface area contributed by atoms with Crippen LogP contribution in [0.4, 0.5) is 5.69 Å². The lowest BCUT2D eigenvalue weighted by molar-refractivity contribution is -0.385. The quantitative estimate of drug-likeness (QED) is 0.337. The molecular weight excluding hydrogens is 308 g/mol. The maximum absolute atomic E-state index is 10.8. The molecule has 0 fully saturated rings. The molecule has 0 N–H and O–H groups in total. The molecule has 0 bridgehead atoms. The van der Waals surface area contributed by atoms with Gasteiger partial charge in [0.2, 0.25) is 0 Å². The Hall–Kier alpha value is -2.60. The highest BCUT2D eigenvalue weighted by Crippen LogP contribution is 2.17. The average Bonchev–Trinajstić information content (AvgIpc) is 2.51. The Morgan fingerprint density at radius 2 is 2.00 bits per heavy atom. The largest absolute Gasteiger partial charge is 0.490 e. The van der Waals surface area contributed by atoms with Crippen LogP contribution < -0.4 is 4.74 Å². The maximum atomic E-state index is 10.8. The number of nitro benzene ring substituents is 1. The molecule has 2 aromatic rings. The predicted octanol–water partition coefficient (Wildman–Crippen LogP) is 3.68. The fourth-order valence-electron chi connectivity index (χ4n) is 1.66. The highest BCUT2D eigenvalue weighted by atomic mass is 35.5. The van der Waals surface area contributed by atoms with Gasteiger partial charge in [-0.1, -0.05) is 35.0 Å². The zero-order chi connectivity index (χ0) is 15.8. The maximum Gasteiger partial charge on any atom is 0.278 e. The lowest BCUT2D eigenvalue weighted by Gasteiger charge is -2.05. The van der Waals surface area contributed by atoms with E-state index in [1.165, 1.54) is 12.3 Å². The molecule has 0 aliphatic rings. The number of nitrogens with zero attached hydrogens (tertiary/aromatic N) is 2. The summed E-state index contributed by atoms with van der Waals surface area (Å²) >= 11 is 5.83. The molecule has 0 aromatic heterocycles. The van der Waals surface area contributed by atoms with Crippen molar-refractivity contribution in [3.8, 4) is 5.75 Å². The molecule has 0 saturated carbocycles. The summed E-state index contributed by atoms with van der Waals surface area (Å²) in [7, 11) is 0. The van der Waals surface area contributed by atoms with Crippen molar-refractivity contribution >= 4 is 23.5 Å².